The Labute approximate surface area is 97.9 Å². The molecule has 5 nitrogen and oxygen atoms in total. The number of nitrogens with zero attached hydrogens (tertiary/aromatic N) is 1. The summed E-state index contributed by atoms with van der Waals surface area (Å²) in [7, 11) is 0. The molecule has 0 radical (unpaired) electrons. The van der Waals surface area contributed by atoms with E-state index in [1.807, 2.05) is 0 Å². The van der Waals surface area contributed by atoms with E-state index in [0.717, 1.165) is 18.5 Å². The number of nitrogens with one attached hydrogen (secondary N) is 1. The molecule has 17 heavy (non-hydrogen) atoms. The van der Waals surface area contributed by atoms with E-state index < -0.39 is 5.97 Å². The molecule has 1 saturated carbocycles. The van der Waals surface area contributed by atoms with E-state index in [9.17, 15) is 9.59 Å². The number of aromatic carboxylic acids is 1. The second-order valence-electron chi connectivity index (χ2n) is 4.50. The minimum Gasteiger partial charge on any atom is -0.478 e. The molecule has 1 aromatic heterocycles. The van der Waals surface area contributed by atoms with Crippen molar-refractivity contribution in [3.63, 3.8) is 0 Å². The topological polar surface area (TPSA) is 79.3 Å². The number of pyridine rings is 1. The molecule has 5 heteroatoms. The Bertz CT molecular complexity index is 521. The van der Waals surface area contributed by atoms with Gasteiger partial charge in [0.05, 0.1) is 22.5 Å². The van der Waals surface area contributed by atoms with E-state index in [1.165, 1.54) is 6.07 Å². The van der Waals surface area contributed by atoms with Crippen LogP contribution >= 0.6 is 0 Å². The lowest BCUT2D eigenvalue weighted by atomic mass is 10.0. The highest BCUT2D eigenvalue weighted by Crippen LogP contribution is 2.41. The molecule has 3 rings (SSSR count). The van der Waals surface area contributed by atoms with Crippen LogP contribution in [0.25, 0.3) is 0 Å². The summed E-state index contributed by atoms with van der Waals surface area (Å²) in [6.45, 7) is 0.579. The van der Waals surface area contributed by atoms with Gasteiger partial charge in [-0.1, -0.05) is 0 Å². The molecule has 2 heterocycles. The number of hydrogen-bond donors (Lipinski definition) is 2. The molecule has 1 aliphatic carbocycles. The van der Waals surface area contributed by atoms with Crippen molar-refractivity contribution in [2.45, 2.75) is 25.2 Å². The number of amides is 1. The summed E-state index contributed by atoms with van der Waals surface area (Å²) >= 11 is 0. The zero-order valence-corrected chi connectivity index (χ0v) is 9.19. The number of hydrogen-bond acceptors (Lipinski definition) is 3. The van der Waals surface area contributed by atoms with Crippen LogP contribution in [-0.2, 0) is 6.42 Å². The average Bonchev–Trinajstić information content (AvgIpc) is 3.11. The van der Waals surface area contributed by atoms with Gasteiger partial charge < -0.3 is 10.4 Å². The third-order valence-corrected chi connectivity index (χ3v) is 3.22. The zero-order chi connectivity index (χ0) is 12.0. The molecule has 1 amide bonds. The molecule has 0 bridgehead atoms. The first-order valence-electron chi connectivity index (χ1n) is 5.72. The normalized spacial score (nSPS) is 18.5. The van der Waals surface area contributed by atoms with Gasteiger partial charge in [-0.3, -0.25) is 9.78 Å². The van der Waals surface area contributed by atoms with Crippen LogP contribution in [0, 0.1) is 0 Å². The monoisotopic (exact) mass is 232 g/mol. The predicted octanol–water partition coefficient (Wildman–Crippen LogP) is 0.943. The van der Waals surface area contributed by atoms with Crippen molar-refractivity contribution in [2.24, 2.45) is 0 Å². The van der Waals surface area contributed by atoms with E-state index >= 15 is 0 Å². The number of aromatic nitrogens is 1. The highest BCUT2D eigenvalue weighted by atomic mass is 16.4. The second-order valence-corrected chi connectivity index (χ2v) is 4.50. The van der Waals surface area contributed by atoms with Gasteiger partial charge in [-0.25, -0.2) is 4.79 Å². The number of carboxylic acid groups (broad SMARTS) is 1. The Morgan fingerprint density at radius 3 is 2.88 bits per heavy atom. The van der Waals surface area contributed by atoms with Gasteiger partial charge in [-0.05, 0) is 18.9 Å². The molecular weight excluding hydrogens is 220 g/mol. The van der Waals surface area contributed by atoms with Crippen LogP contribution < -0.4 is 5.32 Å². The lowest BCUT2D eigenvalue weighted by Gasteiger charge is -2.17. The average molecular weight is 232 g/mol. The van der Waals surface area contributed by atoms with E-state index in [2.05, 4.69) is 10.3 Å². The minimum absolute atomic E-state index is 0.184. The first kappa shape index (κ1) is 10.3. The maximum Gasteiger partial charge on any atom is 0.337 e. The Morgan fingerprint density at radius 2 is 2.24 bits per heavy atom. The minimum atomic E-state index is -0.999. The van der Waals surface area contributed by atoms with E-state index in [4.69, 9.17) is 5.11 Å². The van der Waals surface area contributed by atoms with E-state index in [1.54, 1.807) is 0 Å². The van der Waals surface area contributed by atoms with Gasteiger partial charge in [0.1, 0.15) is 0 Å². The zero-order valence-electron chi connectivity index (χ0n) is 9.19. The fourth-order valence-electron chi connectivity index (χ4n) is 2.18. The molecule has 2 aliphatic rings. The Hall–Kier alpha value is -1.91. The van der Waals surface area contributed by atoms with Crippen LogP contribution in [0.4, 0.5) is 0 Å². The van der Waals surface area contributed by atoms with E-state index in [-0.39, 0.29) is 17.4 Å². The fourth-order valence-corrected chi connectivity index (χ4v) is 2.18. The maximum absolute atomic E-state index is 11.6. The summed E-state index contributed by atoms with van der Waals surface area (Å²) in [5, 5.41) is 11.9. The van der Waals surface area contributed by atoms with Crippen LogP contribution in [0.5, 0.6) is 0 Å². The molecule has 0 spiro atoms. The quantitative estimate of drug-likeness (QED) is 0.795. The first-order chi connectivity index (χ1) is 8.16. The Morgan fingerprint density at radius 1 is 1.47 bits per heavy atom. The smallest absolute Gasteiger partial charge is 0.337 e. The summed E-state index contributed by atoms with van der Waals surface area (Å²) < 4.78 is 0. The molecule has 1 aromatic rings. The number of carboxylic acids is 1. The van der Waals surface area contributed by atoms with Crippen molar-refractivity contribution < 1.29 is 14.7 Å². The predicted molar refractivity (Wildman–Crippen MR) is 59.2 cm³/mol. The van der Waals surface area contributed by atoms with Crippen LogP contribution in [0.2, 0.25) is 0 Å². The van der Waals surface area contributed by atoms with Crippen molar-refractivity contribution >= 4 is 11.9 Å². The highest BCUT2D eigenvalue weighted by molar-refractivity contribution is 5.99. The molecule has 0 aromatic carbocycles. The summed E-state index contributed by atoms with van der Waals surface area (Å²) in [4.78, 5) is 27.2. The summed E-state index contributed by atoms with van der Waals surface area (Å²) in [5.41, 5.74) is 1.99. The SMILES string of the molecule is O=C1NCCc2nc(C3CC3)c(C(=O)O)cc21. The molecule has 1 fully saturated rings. The fraction of sp³-hybridized carbons (Fsp3) is 0.417. The third-order valence-electron chi connectivity index (χ3n) is 3.22. The van der Waals surface area contributed by atoms with Crippen LogP contribution in [-0.4, -0.2) is 28.5 Å². The molecule has 0 unspecified atom stereocenters. The highest BCUT2D eigenvalue weighted by Gasteiger charge is 2.32. The lowest BCUT2D eigenvalue weighted by Crippen LogP contribution is -2.33. The van der Waals surface area contributed by atoms with Gasteiger partial charge >= 0.3 is 5.97 Å². The van der Waals surface area contributed by atoms with Crippen molar-refractivity contribution in [3.05, 3.63) is 28.6 Å². The van der Waals surface area contributed by atoms with Crippen LogP contribution in [0.3, 0.4) is 0 Å². The first-order valence-corrected chi connectivity index (χ1v) is 5.72. The van der Waals surface area contributed by atoms with Crippen LogP contribution in [0.1, 0.15) is 50.9 Å². The van der Waals surface area contributed by atoms with Gasteiger partial charge in [-0.2, -0.15) is 0 Å². The molecular formula is C12H12N2O3. The standard InChI is InChI=1S/C12H12N2O3/c15-11-7-5-8(12(16)17)10(6-1-2-6)14-9(7)3-4-13-11/h5-6H,1-4H2,(H,13,15)(H,16,17). The molecule has 0 saturated heterocycles. The van der Waals surface area contributed by atoms with Crippen LogP contribution in [0.15, 0.2) is 6.07 Å². The summed E-state index contributed by atoms with van der Waals surface area (Å²) in [6, 6.07) is 1.48. The van der Waals surface area contributed by atoms with Crippen molar-refractivity contribution in [1.29, 1.82) is 0 Å². The lowest BCUT2D eigenvalue weighted by molar-refractivity contribution is 0.0695. The summed E-state index contributed by atoms with van der Waals surface area (Å²) in [6.07, 6.45) is 2.68. The molecule has 2 N–H and O–H groups in total. The van der Waals surface area contributed by atoms with Gasteiger partial charge in [0.15, 0.2) is 0 Å². The third kappa shape index (κ3) is 1.67. The Kier molecular flexibility index (Phi) is 2.14. The molecule has 88 valence electrons. The largest absolute Gasteiger partial charge is 0.478 e. The van der Waals surface area contributed by atoms with Gasteiger partial charge in [0.2, 0.25) is 0 Å². The van der Waals surface area contributed by atoms with Gasteiger partial charge in [0, 0.05) is 18.9 Å². The molecule has 0 atom stereocenters. The number of carbonyl (C=O) groups is 2. The summed E-state index contributed by atoms with van der Waals surface area (Å²) in [5.74, 6) is -0.944. The van der Waals surface area contributed by atoms with Crippen molar-refractivity contribution in [3.8, 4) is 0 Å². The van der Waals surface area contributed by atoms with E-state index in [0.29, 0.717) is 24.2 Å². The maximum atomic E-state index is 11.6. The van der Waals surface area contributed by atoms with Gasteiger partial charge in [0.25, 0.3) is 5.91 Å². The Balaban J connectivity index is 2.16. The number of carbonyl (C=O) groups excluding carboxylic acids is 1. The van der Waals surface area contributed by atoms with Crippen molar-refractivity contribution in [1.82, 2.24) is 10.3 Å². The molecule has 1 aliphatic heterocycles. The second kappa shape index (κ2) is 3.55. The van der Waals surface area contributed by atoms with Gasteiger partial charge in [-0.15, -0.1) is 0 Å². The van der Waals surface area contributed by atoms with Crippen molar-refractivity contribution in [2.75, 3.05) is 6.54 Å². The number of rotatable bonds is 2. The number of fused-ring (bicyclic) bond motifs is 1.